The smallest absolute Gasteiger partial charge is 0.326 e. The predicted octanol–water partition coefficient (Wildman–Crippen LogP) is 6.70. The van der Waals surface area contributed by atoms with Gasteiger partial charge in [-0.05, 0) is 53.1 Å². The minimum Gasteiger partial charge on any atom is -0.333 e. The summed E-state index contributed by atoms with van der Waals surface area (Å²) in [4.78, 5) is 19.7. The van der Waals surface area contributed by atoms with Crippen LogP contribution in [0.25, 0.3) is 17.0 Å². The highest BCUT2D eigenvalue weighted by Gasteiger charge is 2.27. The first-order chi connectivity index (χ1) is 17.9. The molecule has 0 atom stereocenters. The molecule has 0 unspecified atom stereocenters. The van der Waals surface area contributed by atoms with Gasteiger partial charge in [0.25, 0.3) is 0 Å². The Hall–Kier alpha value is -3.34. The number of benzene rings is 2. The Morgan fingerprint density at radius 1 is 1.14 bits per heavy atom. The van der Waals surface area contributed by atoms with E-state index in [9.17, 15) is 10.1 Å². The monoisotopic (exact) mass is 549 g/mol. The maximum absolute atomic E-state index is 13.4. The molecule has 1 aliphatic heterocycles. The molecule has 0 saturated carbocycles. The van der Waals surface area contributed by atoms with Crippen LogP contribution in [0.4, 0.5) is 4.79 Å². The highest BCUT2D eigenvalue weighted by atomic mass is 35.5. The Morgan fingerprint density at radius 3 is 2.70 bits per heavy atom. The lowest BCUT2D eigenvalue weighted by Gasteiger charge is -2.27. The van der Waals surface area contributed by atoms with Crippen LogP contribution in [0.15, 0.2) is 60.8 Å². The van der Waals surface area contributed by atoms with E-state index >= 15 is 0 Å². The second-order valence-corrected chi connectivity index (χ2v) is 10.0. The molecule has 2 aromatic heterocycles. The molecule has 2 aromatic carbocycles. The number of amides is 1. The van der Waals surface area contributed by atoms with Crippen molar-refractivity contribution in [3.8, 4) is 6.07 Å². The van der Waals surface area contributed by atoms with Gasteiger partial charge in [-0.2, -0.15) is 5.26 Å². The van der Waals surface area contributed by atoms with Crippen molar-refractivity contribution in [3.05, 3.63) is 104 Å². The topological polar surface area (TPSA) is 74.0 Å². The van der Waals surface area contributed by atoms with E-state index in [0.717, 1.165) is 40.9 Å². The van der Waals surface area contributed by atoms with Crippen molar-refractivity contribution in [1.82, 2.24) is 19.8 Å². The van der Waals surface area contributed by atoms with E-state index in [4.69, 9.17) is 34.8 Å². The molecule has 37 heavy (non-hydrogen) atoms. The SMILES string of the molecule is N#Cc1cc2c(cc1Cl)c1c(n2C(=O)NCc2ccnc(Cl)c2)CCN(C/C=C/c2ccc(Cl)cc2)C1. The number of pyridine rings is 1. The molecule has 0 radical (unpaired) electrons. The van der Waals surface area contributed by atoms with E-state index in [1.165, 1.54) is 0 Å². The normalized spacial score (nSPS) is 13.6. The molecule has 186 valence electrons. The maximum atomic E-state index is 13.4. The number of aromatic nitrogens is 2. The Morgan fingerprint density at radius 2 is 1.95 bits per heavy atom. The van der Waals surface area contributed by atoms with Gasteiger partial charge in [-0.15, -0.1) is 0 Å². The Balaban J connectivity index is 1.42. The maximum Gasteiger partial charge on any atom is 0.326 e. The fraction of sp³-hybridized carbons (Fsp3) is 0.179. The minimum absolute atomic E-state index is 0.263. The molecule has 6 nitrogen and oxygen atoms in total. The summed E-state index contributed by atoms with van der Waals surface area (Å²) < 4.78 is 1.69. The van der Waals surface area contributed by atoms with Crippen molar-refractivity contribution >= 4 is 57.8 Å². The lowest BCUT2D eigenvalue weighted by Crippen LogP contribution is -2.34. The average molecular weight is 551 g/mol. The van der Waals surface area contributed by atoms with Crippen molar-refractivity contribution in [2.75, 3.05) is 13.1 Å². The lowest BCUT2D eigenvalue weighted by molar-refractivity contribution is 0.240. The second kappa shape index (κ2) is 11.0. The zero-order valence-corrected chi connectivity index (χ0v) is 22.0. The van der Waals surface area contributed by atoms with Crippen LogP contribution in [0, 0.1) is 11.3 Å². The molecule has 0 spiro atoms. The largest absolute Gasteiger partial charge is 0.333 e. The van der Waals surface area contributed by atoms with Gasteiger partial charge in [0.15, 0.2) is 0 Å². The number of nitriles is 1. The highest BCUT2D eigenvalue weighted by molar-refractivity contribution is 6.32. The van der Waals surface area contributed by atoms with E-state index in [1.807, 2.05) is 24.3 Å². The molecule has 3 heterocycles. The summed E-state index contributed by atoms with van der Waals surface area (Å²) >= 11 is 18.4. The number of carbonyl (C=O) groups is 1. The van der Waals surface area contributed by atoms with Gasteiger partial charge >= 0.3 is 6.03 Å². The summed E-state index contributed by atoms with van der Waals surface area (Å²) in [5.74, 6) is 0. The van der Waals surface area contributed by atoms with Crippen molar-refractivity contribution in [2.45, 2.75) is 19.5 Å². The Bertz CT molecular complexity index is 1550. The molecule has 0 saturated heterocycles. The molecule has 5 rings (SSSR count). The summed E-state index contributed by atoms with van der Waals surface area (Å²) in [6, 6.07) is 16.6. The van der Waals surface area contributed by atoms with Gasteiger partial charge in [-0.25, -0.2) is 9.78 Å². The molecule has 4 aromatic rings. The number of hydrogen-bond donors (Lipinski definition) is 1. The van der Waals surface area contributed by atoms with Gasteiger partial charge in [-0.3, -0.25) is 9.47 Å². The first-order valence-electron chi connectivity index (χ1n) is 11.7. The number of halogens is 3. The number of nitrogens with one attached hydrogen (secondary N) is 1. The Labute approximate surface area is 229 Å². The van der Waals surface area contributed by atoms with Crippen molar-refractivity contribution in [2.24, 2.45) is 0 Å². The summed E-state index contributed by atoms with van der Waals surface area (Å²) in [6.45, 7) is 2.52. The fourth-order valence-corrected chi connectivity index (χ4v) is 5.15. The third kappa shape index (κ3) is 5.51. The van der Waals surface area contributed by atoms with Gasteiger partial charge in [0, 0.05) is 54.9 Å². The van der Waals surface area contributed by atoms with Crippen molar-refractivity contribution in [3.63, 3.8) is 0 Å². The number of hydrogen-bond acceptors (Lipinski definition) is 4. The highest BCUT2D eigenvalue weighted by Crippen LogP contribution is 2.34. The molecule has 0 bridgehead atoms. The van der Waals surface area contributed by atoms with Gasteiger partial charge in [0.1, 0.15) is 11.2 Å². The minimum atomic E-state index is -0.263. The van der Waals surface area contributed by atoms with Gasteiger partial charge in [0.2, 0.25) is 0 Å². The molecular formula is C28H22Cl3N5O. The van der Waals surface area contributed by atoms with Crippen molar-refractivity contribution in [1.29, 1.82) is 5.26 Å². The van der Waals surface area contributed by atoms with Crippen LogP contribution in [0.1, 0.15) is 27.9 Å². The first-order valence-corrected chi connectivity index (χ1v) is 12.8. The van der Waals surface area contributed by atoms with Crippen molar-refractivity contribution < 1.29 is 4.79 Å². The van der Waals surface area contributed by atoms with Crippen LogP contribution in [0.2, 0.25) is 15.2 Å². The zero-order chi connectivity index (χ0) is 25.9. The molecular weight excluding hydrogens is 529 g/mol. The number of nitrogens with zero attached hydrogens (tertiary/aromatic N) is 4. The van der Waals surface area contributed by atoms with Crippen LogP contribution in [-0.4, -0.2) is 33.6 Å². The molecule has 1 aliphatic rings. The third-order valence-electron chi connectivity index (χ3n) is 6.42. The summed E-state index contributed by atoms with van der Waals surface area (Å²) in [6.07, 6.45) is 6.49. The fourth-order valence-electron chi connectivity index (χ4n) is 4.62. The van der Waals surface area contributed by atoms with Crippen LogP contribution in [-0.2, 0) is 19.5 Å². The van der Waals surface area contributed by atoms with Crippen LogP contribution in [0.5, 0.6) is 0 Å². The summed E-state index contributed by atoms with van der Waals surface area (Å²) in [5.41, 5.74) is 4.93. The Kier molecular flexibility index (Phi) is 7.50. The van der Waals surface area contributed by atoms with Crippen LogP contribution in [0.3, 0.4) is 0 Å². The average Bonchev–Trinajstić information content (AvgIpc) is 3.20. The predicted molar refractivity (Wildman–Crippen MR) is 148 cm³/mol. The van der Waals surface area contributed by atoms with E-state index in [1.54, 1.807) is 35.0 Å². The van der Waals surface area contributed by atoms with Gasteiger partial charge in [-0.1, -0.05) is 59.1 Å². The first kappa shape index (κ1) is 25.3. The summed E-state index contributed by atoms with van der Waals surface area (Å²) in [7, 11) is 0. The van der Waals surface area contributed by atoms with E-state index < -0.39 is 0 Å². The molecule has 1 amide bonds. The zero-order valence-electron chi connectivity index (χ0n) is 19.7. The molecule has 9 heteroatoms. The number of carbonyl (C=O) groups excluding carboxylic acids is 1. The quantitative estimate of drug-likeness (QED) is 0.281. The second-order valence-electron chi connectivity index (χ2n) is 8.81. The lowest BCUT2D eigenvalue weighted by atomic mass is 10.0. The van der Waals surface area contributed by atoms with Crippen LogP contribution >= 0.6 is 34.8 Å². The van der Waals surface area contributed by atoms with Crippen LogP contribution < -0.4 is 5.32 Å². The van der Waals surface area contributed by atoms with Gasteiger partial charge in [0.05, 0.1) is 16.1 Å². The molecule has 1 N–H and O–H groups in total. The van der Waals surface area contributed by atoms with E-state index in [-0.39, 0.29) is 6.03 Å². The third-order valence-corrected chi connectivity index (χ3v) is 7.19. The summed E-state index contributed by atoms with van der Waals surface area (Å²) in [5, 5.41) is 14.9. The molecule has 0 aliphatic carbocycles. The standard InChI is InChI=1S/C28H22Cl3N5O/c29-21-5-3-18(4-6-21)2-1-10-35-11-8-25-23(17-35)22-14-24(30)20(15-32)13-26(22)36(25)28(37)34-16-19-7-9-33-27(31)12-19/h1-7,9,12-14H,8,10-11,16-17H2,(H,34,37)/b2-1+. The number of fused-ring (bicyclic) bond motifs is 3. The molecule has 0 fully saturated rings. The van der Waals surface area contributed by atoms with Gasteiger partial charge < -0.3 is 5.32 Å². The number of rotatable bonds is 5. The van der Waals surface area contributed by atoms with E-state index in [2.05, 4.69) is 33.4 Å². The van der Waals surface area contributed by atoms with E-state index in [0.29, 0.717) is 45.8 Å².